The molecule has 0 bridgehead atoms. The van der Waals surface area contributed by atoms with Crippen molar-refractivity contribution < 1.29 is 13.2 Å². The van der Waals surface area contributed by atoms with E-state index >= 15 is 0 Å². The van der Waals surface area contributed by atoms with Crippen LogP contribution in [0.1, 0.15) is 41.3 Å². The number of hydrogen-bond acceptors (Lipinski definition) is 5. The van der Waals surface area contributed by atoms with E-state index < -0.39 is 21.4 Å². The molecule has 35 heavy (non-hydrogen) atoms. The molecule has 0 atom stereocenters. The van der Waals surface area contributed by atoms with Crippen molar-refractivity contribution in [2.24, 2.45) is 0 Å². The Bertz CT molecular complexity index is 1530. The molecule has 0 radical (unpaired) electrons. The van der Waals surface area contributed by atoms with Crippen molar-refractivity contribution in [1.82, 2.24) is 15.3 Å². The fourth-order valence-electron chi connectivity index (χ4n) is 3.67. The van der Waals surface area contributed by atoms with Crippen molar-refractivity contribution in [3.05, 3.63) is 100 Å². The number of fused-ring (bicyclic) bond motifs is 1. The Kier molecular flexibility index (Phi) is 6.70. The van der Waals surface area contributed by atoms with E-state index in [4.69, 9.17) is 0 Å². The van der Waals surface area contributed by atoms with Crippen LogP contribution in [0.5, 0.6) is 0 Å². The number of H-pyrrole nitrogens is 1. The fraction of sp³-hybridized carbons (Fsp3) is 0.192. The Hall–Kier alpha value is -3.98. The zero-order valence-electron chi connectivity index (χ0n) is 19.6. The quantitative estimate of drug-likeness (QED) is 0.409. The predicted octanol–water partition coefficient (Wildman–Crippen LogP) is 3.80. The Labute approximate surface area is 203 Å². The number of nitrogens with one attached hydrogen (secondary N) is 2. The van der Waals surface area contributed by atoms with Crippen LogP contribution in [0.2, 0.25) is 0 Å². The summed E-state index contributed by atoms with van der Waals surface area (Å²) in [6, 6.07) is 15.1. The number of anilines is 1. The maximum Gasteiger partial charge on any atom is 0.264 e. The molecule has 1 amide bonds. The number of hydrogen-bond donors (Lipinski definition) is 2. The largest absolute Gasteiger partial charge is 0.360 e. The molecule has 8 nitrogen and oxygen atoms in total. The molecule has 0 aliphatic rings. The van der Waals surface area contributed by atoms with Gasteiger partial charge in [-0.3, -0.25) is 18.9 Å². The number of amides is 1. The van der Waals surface area contributed by atoms with Crippen molar-refractivity contribution in [1.29, 1.82) is 0 Å². The first kappa shape index (κ1) is 24.2. The molecule has 0 aliphatic heterocycles. The molecule has 2 aromatic carbocycles. The van der Waals surface area contributed by atoms with Crippen molar-refractivity contribution in [2.45, 2.75) is 31.2 Å². The van der Waals surface area contributed by atoms with Gasteiger partial charge in [0, 0.05) is 43.1 Å². The SMILES string of the molecule is CC(C)c1ccc(N(C)S(=O)(=O)c2ccc3[nH]cc(C(=O)NCc4cccnc4)c(=O)c3c2)cc1. The van der Waals surface area contributed by atoms with Crippen molar-refractivity contribution >= 4 is 32.5 Å². The van der Waals surface area contributed by atoms with Crippen LogP contribution in [-0.2, 0) is 16.6 Å². The molecule has 0 spiro atoms. The predicted molar refractivity (Wildman–Crippen MR) is 136 cm³/mol. The lowest BCUT2D eigenvalue weighted by atomic mass is 10.0. The van der Waals surface area contributed by atoms with E-state index in [0.29, 0.717) is 17.1 Å². The second-order valence-electron chi connectivity index (χ2n) is 8.50. The van der Waals surface area contributed by atoms with Crippen LogP contribution in [0.3, 0.4) is 0 Å². The lowest BCUT2D eigenvalue weighted by molar-refractivity contribution is 0.0949. The standard InChI is InChI=1S/C26H26N4O4S/c1-17(2)19-6-8-20(9-7-19)30(3)35(33,34)21-10-11-24-22(13-21)25(31)23(16-28-24)26(32)29-15-18-5-4-12-27-14-18/h4-14,16-17H,15H2,1-3H3,(H,28,31)(H,29,32). The molecule has 0 saturated carbocycles. The number of pyridine rings is 2. The third-order valence-corrected chi connectivity index (χ3v) is 7.64. The van der Waals surface area contributed by atoms with Gasteiger partial charge in [0.25, 0.3) is 15.9 Å². The van der Waals surface area contributed by atoms with Gasteiger partial charge in [0.05, 0.1) is 10.6 Å². The summed E-state index contributed by atoms with van der Waals surface area (Å²) in [7, 11) is -2.47. The highest BCUT2D eigenvalue weighted by atomic mass is 32.2. The minimum Gasteiger partial charge on any atom is -0.360 e. The van der Waals surface area contributed by atoms with E-state index in [2.05, 4.69) is 29.1 Å². The number of aromatic nitrogens is 2. The first-order valence-corrected chi connectivity index (χ1v) is 12.5. The summed E-state index contributed by atoms with van der Waals surface area (Å²) >= 11 is 0. The molecule has 180 valence electrons. The Morgan fingerprint density at radius 3 is 2.51 bits per heavy atom. The maximum atomic E-state index is 13.3. The number of rotatable bonds is 7. The van der Waals surface area contributed by atoms with E-state index in [1.165, 1.54) is 35.7 Å². The maximum absolute atomic E-state index is 13.3. The van der Waals surface area contributed by atoms with Crippen molar-refractivity contribution in [3.63, 3.8) is 0 Å². The average Bonchev–Trinajstić information content (AvgIpc) is 2.87. The van der Waals surface area contributed by atoms with Crippen LogP contribution in [-0.4, -0.2) is 31.3 Å². The highest BCUT2D eigenvalue weighted by Gasteiger charge is 2.23. The number of carbonyl (C=O) groups excluding carboxylic acids is 1. The molecular weight excluding hydrogens is 464 g/mol. The highest BCUT2D eigenvalue weighted by molar-refractivity contribution is 7.92. The number of sulfonamides is 1. The Morgan fingerprint density at radius 1 is 1.11 bits per heavy atom. The van der Waals surface area contributed by atoms with Crippen LogP contribution < -0.4 is 15.1 Å². The van der Waals surface area contributed by atoms with Gasteiger partial charge in [-0.15, -0.1) is 0 Å². The number of benzene rings is 2. The molecule has 2 aromatic heterocycles. The van der Waals surface area contributed by atoms with E-state index in [-0.39, 0.29) is 22.4 Å². The summed E-state index contributed by atoms with van der Waals surface area (Å²) < 4.78 is 27.8. The molecular formula is C26H26N4O4S. The number of aromatic amines is 1. The van der Waals surface area contributed by atoms with Gasteiger partial charge in [0.2, 0.25) is 5.43 Å². The lowest BCUT2D eigenvalue weighted by Crippen LogP contribution is -2.29. The van der Waals surface area contributed by atoms with Gasteiger partial charge in [-0.1, -0.05) is 32.0 Å². The molecule has 0 saturated heterocycles. The fourth-order valence-corrected chi connectivity index (χ4v) is 4.90. The summed E-state index contributed by atoms with van der Waals surface area (Å²) in [4.78, 5) is 32.6. The van der Waals surface area contributed by atoms with Gasteiger partial charge in [-0.25, -0.2) is 8.42 Å². The minimum absolute atomic E-state index is 0.0427. The van der Waals surface area contributed by atoms with Crippen LogP contribution in [0.15, 0.2) is 82.9 Å². The van der Waals surface area contributed by atoms with Crippen LogP contribution >= 0.6 is 0 Å². The van der Waals surface area contributed by atoms with Gasteiger partial charge in [0.1, 0.15) is 5.56 Å². The summed E-state index contributed by atoms with van der Waals surface area (Å²) in [5.74, 6) is -0.235. The first-order valence-electron chi connectivity index (χ1n) is 11.1. The Morgan fingerprint density at radius 2 is 1.86 bits per heavy atom. The smallest absolute Gasteiger partial charge is 0.264 e. The highest BCUT2D eigenvalue weighted by Crippen LogP contribution is 2.25. The average molecular weight is 491 g/mol. The van der Waals surface area contributed by atoms with Gasteiger partial charge in [-0.05, 0) is 53.4 Å². The topological polar surface area (TPSA) is 112 Å². The minimum atomic E-state index is -3.94. The molecule has 4 aromatic rings. The van der Waals surface area contributed by atoms with Crippen LogP contribution in [0.25, 0.3) is 10.9 Å². The van der Waals surface area contributed by atoms with E-state index in [1.807, 2.05) is 18.2 Å². The first-order chi connectivity index (χ1) is 16.7. The molecule has 2 N–H and O–H groups in total. The van der Waals surface area contributed by atoms with Crippen LogP contribution in [0.4, 0.5) is 5.69 Å². The van der Waals surface area contributed by atoms with Gasteiger partial charge in [0.15, 0.2) is 0 Å². The van der Waals surface area contributed by atoms with Crippen molar-refractivity contribution in [2.75, 3.05) is 11.4 Å². The van der Waals surface area contributed by atoms with E-state index in [1.54, 1.807) is 30.6 Å². The summed E-state index contributed by atoms with van der Waals surface area (Å²) in [6.07, 6.45) is 4.58. The second kappa shape index (κ2) is 9.71. The van der Waals surface area contributed by atoms with Gasteiger partial charge >= 0.3 is 0 Å². The zero-order chi connectivity index (χ0) is 25.2. The second-order valence-corrected chi connectivity index (χ2v) is 10.5. The molecule has 0 fully saturated rings. The third-order valence-electron chi connectivity index (χ3n) is 5.85. The van der Waals surface area contributed by atoms with Gasteiger partial charge < -0.3 is 10.3 Å². The van der Waals surface area contributed by atoms with Crippen LogP contribution in [0, 0.1) is 0 Å². The Balaban J connectivity index is 1.64. The molecule has 2 heterocycles. The molecule has 9 heteroatoms. The zero-order valence-corrected chi connectivity index (χ0v) is 20.5. The number of nitrogens with zero attached hydrogens (tertiary/aromatic N) is 2. The summed E-state index contributed by atoms with van der Waals surface area (Å²) in [5, 5.41) is 2.81. The summed E-state index contributed by atoms with van der Waals surface area (Å²) in [6.45, 7) is 4.34. The van der Waals surface area contributed by atoms with E-state index in [9.17, 15) is 18.0 Å². The third kappa shape index (κ3) is 4.95. The van der Waals surface area contributed by atoms with E-state index in [0.717, 1.165) is 11.1 Å². The molecule has 0 aliphatic carbocycles. The number of carbonyl (C=O) groups is 1. The molecule has 0 unspecified atom stereocenters. The molecule has 4 rings (SSSR count). The normalized spacial score (nSPS) is 11.5. The lowest BCUT2D eigenvalue weighted by Gasteiger charge is -2.20. The van der Waals surface area contributed by atoms with Gasteiger partial charge in [-0.2, -0.15) is 0 Å². The summed E-state index contributed by atoms with van der Waals surface area (Å²) in [5.41, 5.74) is 2.17. The van der Waals surface area contributed by atoms with Crippen molar-refractivity contribution in [3.8, 4) is 0 Å². The monoisotopic (exact) mass is 490 g/mol.